The average Bonchev–Trinajstić information content (AvgIpc) is 2.34. The van der Waals surface area contributed by atoms with Gasteiger partial charge in [-0.3, -0.25) is 4.79 Å². The van der Waals surface area contributed by atoms with Crippen molar-refractivity contribution in [1.82, 2.24) is 0 Å². The predicted octanol–water partition coefficient (Wildman–Crippen LogP) is 1.25. The molecule has 0 aromatic rings. The summed E-state index contributed by atoms with van der Waals surface area (Å²) in [5.41, 5.74) is 1.04. The summed E-state index contributed by atoms with van der Waals surface area (Å²) in [7, 11) is 0. The fourth-order valence-corrected chi connectivity index (χ4v) is 0.695. The normalized spacial score (nSPS) is 15.1. The van der Waals surface area contributed by atoms with E-state index < -0.39 is 0 Å². The maximum Gasteiger partial charge on any atom is 0.302 e. The topological polar surface area (TPSA) is 26.3 Å². The molecule has 2 nitrogen and oxygen atoms in total. The van der Waals surface area contributed by atoms with Gasteiger partial charge in [-0.1, -0.05) is 18.2 Å². The van der Waals surface area contributed by atoms with Gasteiger partial charge < -0.3 is 4.74 Å². The molecule has 0 saturated heterocycles. The minimum Gasteiger partial charge on any atom is -0.461 e. The molecule has 0 unspecified atom stereocenters. The number of carbonyl (C=O) groups excluding carboxylic acids is 1. The van der Waals surface area contributed by atoms with Crippen LogP contribution in [-0.2, 0) is 9.53 Å². The van der Waals surface area contributed by atoms with Crippen LogP contribution in [0.15, 0.2) is 23.8 Å². The van der Waals surface area contributed by atoms with Gasteiger partial charge in [-0.2, -0.15) is 0 Å². The van der Waals surface area contributed by atoms with Gasteiger partial charge in [0.05, 0.1) is 0 Å². The molecule has 0 saturated carbocycles. The van der Waals surface area contributed by atoms with Crippen molar-refractivity contribution in [2.75, 3.05) is 6.61 Å². The fraction of sp³-hybridized carbons (Fsp3) is 0.250. The lowest BCUT2D eigenvalue weighted by Crippen LogP contribution is -2.01. The third-order valence-electron chi connectivity index (χ3n) is 1.17. The average molecular weight is 137 g/mol. The second kappa shape index (κ2) is 3.20. The van der Waals surface area contributed by atoms with Crippen LogP contribution in [-0.4, -0.2) is 12.6 Å². The van der Waals surface area contributed by atoms with Crippen LogP contribution < -0.4 is 0 Å². The number of ether oxygens (including phenoxy) is 1. The fourth-order valence-electron chi connectivity index (χ4n) is 0.695. The van der Waals surface area contributed by atoms with E-state index in [1.165, 1.54) is 6.92 Å². The number of hydrogen-bond donors (Lipinski definition) is 0. The summed E-state index contributed by atoms with van der Waals surface area (Å²) in [5.74, 6) is -0.235. The van der Waals surface area contributed by atoms with Crippen molar-refractivity contribution in [2.45, 2.75) is 6.92 Å². The van der Waals surface area contributed by atoms with Crippen molar-refractivity contribution in [3.63, 3.8) is 0 Å². The van der Waals surface area contributed by atoms with E-state index in [9.17, 15) is 4.79 Å². The second-order valence-electron chi connectivity index (χ2n) is 2.07. The van der Waals surface area contributed by atoms with Gasteiger partial charge in [0.1, 0.15) is 6.61 Å². The highest BCUT2D eigenvalue weighted by atomic mass is 16.5. The van der Waals surface area contributed by atoms with E-state index in [-0.39, 0.29) is 5.97 Å². The summed E-state index contributed by atoms with van der Waals surface area (Å²) in [4.78, 5) is 10.3. The molecule has 2 heteroatoms. The van der Waals surface area contributed by atoms with Gasteiger partial charge >= 0.3 is 5.97 Å². The Hall–Kier alpha value is -1.05. The molecule has 0 aromatic carbocycles. The largest absolute Gasteiger partial charge is 0.461 e. The molecule has 0 fully saturated rings. The molecule has 0 spiro atoms. The van der Waals surface area contributed by atoms with Crippen LogP contribution in [0.1, 0.15) is 6.92 Å². The molecule has 1 radical (unpaired) electrons. The smallest absolute Gasteiger partial charge is 0.302 e. The summed E-state index contributed by atoms with van der Waals surface area (Å²) in [5, 5.41) is 0. The number of allylic oxidation sites excluding steroid dienone is 3. The van der Waals surface area contributed by atoms with E-state index in [1.807, 2.05) is 24.6 Å². The van der Waals surface area contributed by atoms with Crippen molar-refractivity contribution in [3.8, 4) is 0 Å². The Kier molecular flexibility index (Phi) is 2.26. The monoisotopic (exact) mass is 137 g/mol. The number of esters is 1. The molecule has 53 valence electrons. The highest BCUT2D eigenvalue weighted by Gasteiger charge is 2.00. The van der Waals surface area contributed by atoms with Crippen molar-refractivity contribution < 1.29 is 9.53 Å². The Labute approximate surface area is 60.2 Å². The summed E-state index contributed by atoms with van der Waals surface area (Å²) in [6.45, 7) is 1.80. The van der Waals surface area contributed by atoms with E-state index in [1.54, 1.807) is 0 Å². The van der Waals surface area contributed by atoms with Crippen molar-refractivity contribution in [1.29, 1.82) is 0 Å². The molecule has 0 heterocycles. The third-order valence-corrected chi connectivity index (χ3v) is 1.17. The van der Waals surface area contributed by atoms with Gasteiger partial charge in [0, 0.05) is 13.3 Å². The first-order valence-corrected chi connectivity index (χ1v) is 3.13. The summed E-state index contributed by atoms with van der Waals surface area (Å²) in [6, 6.07) is 0. The Bertz CT molecular complexity index is 189. The molecule has 10 heavy (non-hydrogen) atoms. The van der Waals surface area contributed by atoms with Gasteiger partial charge in [-0.25, -0.2) is 0 Å². The van der Waals surface area contributed by atoms with Gasteiger partial charge in [0.15, 0.2) is 0 Å². The molecule has 0 bridgehead atoms. The molecule has 0 amide bonds. The van der Waals surface area contributed by atoms with Gasteiger partial charge in [-0.15, -0.1) is 0 Å². The number of carbonyl (C=O) groups is 1. The molecule has 0 aromatic heterocycles. The summed E-state index contributed by atoms with van der Waals surface area (Å²) in [6.07, 6.45) is 7.67. The van der Waals surface area contributed by atoms with Crippen LogP contribution in [0.3, 0.4) is 0 Å². The maximum absolute atomic E-state index is 10.3. The van der Waals surface area contributed by atoms with Gasteiger partial charge in [0.25, 0.3) is 0 Å². The van der Waals surface area contributed by atoms with E-state index in [4.69, 9.17) is 4.74 Å². The quantitative estimate of drug-likeness (QED) is 0.535. The van der Waals surface area contributed by atoms with E-state index in [0.29, 0.717) is 6.61 Å². The van der Waals surface area contributed by atoms with Crippen molar-refractivity contribution in [3.05, 3.63) is 30.2 Å². The van der Waals surface area contributed by atoms with Crippen LogP contribution in [0.25, 0.3) is 0 Å². The lowest BCUT2D eigenvalue weighted by molar-refractivity contribution is -0.139. The Morgan fingerprint density at radius 1 is 1.60 bits per heavy atom. The van der Waals surface area contributed by atoms with Crippen molar-refractivity contribution >= 4 is 5.97 Å². The molecule has 1 aliphatic rings. The van der Waals surface area contributed by atoms with Crippen LogP contribution in [0.5, 0.6) is 0 Å². The molecule has 1 rings (SSSR count). The SMILES string of the molecule is CC(=O)OCC1=CC=C[CH]1. The highest BCUT2D eigenvalue weighted by Crippen LogP contribution is 2.08. The molecular formula is C8H9O2. The highest BCUT2D eigenvalue weighted by molar-refractivity contribution is 5.66. The van der Waals surface area contributed by atoms with Crippen LogP contribution in [0, 0.1) is 6.42 Å². The third kappa shape index (κ3) is 2.05. The van der Waals surface area contributed by atoms with Crippen LogP contribution in [0.4, 0.5) is 0 Å². The molecule has 0 N–H and O–H groups in total. The van der Waals surface area contributed by atoms with E-state index in [0.717, 1.165) is 5.57 Å². The Morgan fingerprint density at radius 3 is 2.90 bits per heavy atom. The van der Waals surface area contributed by atoms with Gasteiger partial charge in [0.2, 0.25) is 0 Å². The minimum atomic E-state index is -0.235. The molecule has 1 aliphatic carbocycles. The lowest BCUT2D eigenvalue weighted by Gasteiger charge is -2.00. The molecule has 0 atom stereocenters. The zero-order chi connectivity index (χ0) is 7.40. The van der Waals surface area contributed by atoms with Crippen LogP contribution in [0.2, 0.25) is 0 Å². The number of rotatable bonds is 2. The predicted molar refractivity (Wildman–Crippen MR) is 38.2 cm³/mol. The summed E-state index contributed by atoms with van der Waals surface area (Å²) < 4.78 is 4.75. The molecular weight excluding hydrogens is 128 g/mol. The molecule has 0 aliphatic heterocycles. The minimum absolute atomic E-state index is 0.235. The van der Waals surface area contributed by atoms with E-state index in [2.05, 4.69) is 0 Å². The zero-order valence-corrected chi connectivity index (χ0v) is 5.83. The zero-order valence-electron chi connectivity index (χ0n) is 5.83. The van der Waals surface area contributed by atoms with E-state index >= 15 is 0 Å². The Morgan fingerprint density at radius 2 is 2.40 bits per heavy atom. The first kappa shape index (κ1) is 7.06. The first-order chi connectivity index (χ1) is 4.79. The van der Waals surface area contributed by atoms with Crippen molar-refractivity contribution in [2.24, 2.45) is 0 Å². The summed E-state index contributed by atoms with van der Waals surface area (Å²) >= 11 is 0. The standard InChI is InChI=1S/C8H9O2/c1-7(9)10-6-8-4-2-3-5-8/h2-5H,6H2,1H3. The second-order valence-corrected chi connectivity index (χ2v) is 2.07. The van der Waals surface area contributed by atoms with Crippen LogP contribution >= 0.6 is 0 Å². The van der Waals surface area contributed by atoms with Gasteiger partial charge in [-0.05, 0) is 5.57 Å². The first-order valence-electron chi connectivity index (χ1n) is 3.13. The number of hydrogen-bond acceptors (Lipinski definition) is 2. The Balaban J connectivity index is 2.21. The lowest BCUT2D eigenvalue weighted by atomic mass is 10.2. The maximum atomic E-state index is 10.3.